The first-order chi connectivity index (χ1) is 10.5. The van der Waals surface area contributed by atoms with Gasteiger partial charge in [-0.25, -0.2) is 4.39 Å². The fraction of sp³-hybridized carbons (Fsp3) is 0.133. The second kappa shape index (κ2) is 6.98. The summed E-state index contributed by atoms with van der Waals surface area (Å²) >= 11 is 9.17. The molecule has 0 saturated heterocycles. The first kappa shape index (κ1) is 16.6. The van der Waals surface area contributed by atoms with E-state index in [0.29, 0.717) is 26.7 Å². The number of ether oxygens (including phenoxy) is 2. The summed E-state index contributed by atoms with van der Waals surface area (Å²) in [5, 5.41) is 2.87. The Labute approximate surface area is 140 Å². The van der Waals surface area contributed by atoms with Crippen LogP contribution < -0.4 is 14.8 Å². The van der Waals surface area contributed by atoms with Crippen molar-refractivity contribution in [1.82, 2.24) is 0 Å². The molecule has 0 atom stereocenters. The largest absolute Gasteiger partial charge is 0.495 e. The van der Waals surface area contributed by atoms with Crippen molar-refractivity contribution in [2.45, 2.75) is 0 Å². The van der Waals surface area contributed by atoms with Crippen molar-refractivity contribution in [3.8, 4) is 11.5 Å². The summed E-state index contributed by atoms with van der Waals surface area (Å²) in [6.45, 7) is 0. The number of carbonyl (C=O) groups excluding carboxylic acids is 1. The lowest BCUT2D eigenvalue weighted by molar-refractivity contribution is 0.102. The molecule has 0 fully saturated rings. The van der Waals surface area contributed by atoms with Crippen LogP contribution in [-0.2, 0) is 0 Å². The third-order valence-electron chi connectivity index (χ3n) is 2.90. The van der Waals surface area contributed by atoms with Crippen molar-refractivity contribution in [2.24, 2.45) is 0 Å². The van der Waals surface area contributed by atoms with Crippen molar-refractivity contribution >= 4 is 39.1 Å². The minimum Gasteiger partial charge on any atom is -0.495 e. The van der Waals surface area contributed by atoms with Gasteiger partial charge in [0.05, 0.1) is 30.5 Å². The van der Waals surface area contributed by atoms with E-state index >= 15 is 0 Å². The fourth-order valence-electron chi connectivity index (χ4n) is 1.82. The van der Waals surface area contributed by atoms with Crippen LogP contribution in [0.25, 0.3) is 0 Å². The van der Waals surface area contributed by atoms with Gasteiger partial charge in [-0.2, -0.15) is 0 Å². The predicted octanol–water partition coefficient (Wildman–Crippen LogP) is 4.51. The number of hydrogen-bond donors (Lipinski definition) is 1. The summed E-state index contributed by atoms with van der Waals surface area (Å²) in [6, 6.07) is 7.19. The molecule has 0 bridgehead atoms. The quantitative estimate of drug-likeness (QED) is 0.838. The minimum atomic E-state index is -0.634. The van der Waals surface area contributed by atoms with Crippen LogP contribution in [0.1, 0.15) is 10.4 Å². The number of carbonyl (C=O) groups is 1. The highest BCUT2D eigenvalue weighted by Crippen LogP contribution is 2.36. The molecule has 0 unspecified atom stereocenters. The average Bonchev–Trinajstić information content (AvgIpc) is 2.47. The predicted molar refractivity (Wildman–Crippen MR) is 86.6 cm³/mol. The first-order valence-electron chi connectivity index (χ1n) is 6.14. The van der Waals surface area contributed by atoms with E-state index in [-0.39, 0.29) is 5.56 Å². The standard InChI is InChI=1S/C15H12BrClFNO3/c1-21-13-7-14(22-2)12(6-10(13)17)19-15(20)9-4-3-8(16)5-11(9)18/h3-7H,1-2H3,(H,19,20). The van der Waals surface area contributed by atoms with Crippen LogP contribution in [0.5, 0.6) is 11.5 Å². The Morgan fingerprint density at radius 2 is 1.86 bits per heavy atom. The zero-order chi connectivity index (χ0) is 16.3. The van der Waals surface area contributed by atoms with E-state index in [9.17, 15) is 9.18 Å². The summed E-state index contributed by atoms with van der Waals surface area (Å²) in [7, 11) is 2.91. The van der Waals surface area contributed by atoms with E-state index in [1.807, 2.05) is 0 Å². The summed E-state index contributed by atoms with van der Waals surface area (Å²) in [5.74, 6) is -0.478. The van der Waals surface area contributed by atoms with E-state index in [4.69, 9.17) is 21.1 Å². The molecular formula is C15H12BrClFNO3. The Morgan fingerprint density at radius 3 is 2.45 bits per heavy atom. The van der Waals surface area contributed by atoms with Crippen LogP contribution >= 0.6 is 27.5 Å². The molecule has 116 valence electrons. The van der Waals surface area contributed by atoms with Gasteiger partial charge in [0.15, 0.2) is 0 Å². The molecule has 1 amide bonds. The number of anilines is 1. The lowest BCUT2D eigenvalue weighted by Crippen LogP contribution is -2.14. The molecule has 0 saturated carbocycles. The van der Waals surface area contributed by atoms with Crippen LogP contribution in [0.3, 0.4) is 0 Å². The van der Waals surface area contributed by atoms with Crippen LogP contribution in [0, 0.1) is 5.82 Å². The Morgan fingerprint density at radius 1 is 1.18 bits per heavy atom. The van der Waals surface area contributed by atoms with Gasteiger partial charge >= 0.3 is 0 Å². The van der Waals surface area contributed by atoms with Gasteiger partial charge in [0.2, 0.25) is 0 Å². The van der Waals surface area contributed by atoms with Crippen molar-refractivity contribution in [1.29, 1.82) is 0 Å². The van der Waals surface area contributed by atoms with E-state index in [2.05, 4.69) is 21.2 Å². The fourth-order valence-corrected chi connectivity index (χ4v) is 2.39. The highest BCUT2D eigenvalue weighted by atomic mass is 79.9. The zero-order valence-corrected chi connectivity index (χ0v) is 14.1. The van der Waals surface area contributed by atoms with Crippen molar-refractivity contribution < 1.29 is 18.7 Å². The molecule has 1 N–H and O–H groups in total. The number of amides is 1. The maximum Gasteiger partial charge on any atom is 0.258 e. The van der Waals surface area contributed by atoms with E-state index in [1.165, 1.54) is 38.5 Å². The highest BCUT2D eigenvalue weighted by Gasteiger charge is 2.16. The van der Waals surface area contributed by atoms with E-state index in [1.54, 1.807) is 6.07 Å². The number of hydrogen-bond acceptors (Lipinski definition) is 3. The van der Waals surface area contributed by atoms with E-state index in [0.717, 1.165) is 0 Å². The highest BCUT2D eigenvalue weighted by molar-refractivity contribution is 9.10. The second-order valence-corrected chi connectivity index (χ2v) is 5.59. The van der Waals surface area contributed by atoms with Gasteiger partial charge < -0.3 is 14.8 Å². The molecule has 0 aromatic heterocycles. The third-order valence-corrected chi connectivity index (χ3v) is 3.69. The Balaban J connectivity index is 2.33. The molecule has 0 heterocycles. The molecule has 2 aromatic carbocycles. The van der Waals surface area contributed by atoms with Crippen molar-refractivity contribution in [2.75, 3.05) is 19.5 Å². The lowest BCUT2D eigenvalue weighted by Gasteiger charge is -2.13. The van der Waals surface area contributed by atoms with E-state index < -0.39 is 11.7 Å². The molecule has 7 heteroatoms. The van der Waals surface area contributed by atoms with Crippen molar-refractivity contribution in [3.05, 3.63) is 51.2 Å². The van der Waals surface area contributed by atoms with Gasteiger partial charge in [-0.1, -0.05) is 27.5 Å². The molecule has 2 aromatic rings. The third kappa shape index (κ3) is 3.51. The number of rotatable bonds is 4. The van der Waals surface area contributed by atoms with Gasteiger partial charge in [-0.05, 0) is 24.3 Å². The SMILES string of the molecule is COc1cc(OC)c(NC(=O)c2ccc(Br)cc2F)cc1Cl. The summed E-state index contributed by atoms with van der Waals surface area (Å²) < 4.78 is 24.6. The Hall–Kier alpha value is -1.79. The van der Waals surface area contributed by atoms with Gasteiger partial charge in [-0.15, -0.1) is 0 Å². The van der Waals surface area contributed by atoms with Gasteiger partial charge in [0.1, 0.15) is 17.3 Å². The maximum atomic E-state index is 13.8. The minimum absolute atomic E-state index is 0.0859. The topological polar surface area (TPSA) is 47.6 Å². The zero-order valence-electron chi connectivity index (χ0n) is 11.7. The molecule has 4 nitrogen and oxygen atoms in total. The number of halogens is 3. The maximum absolute atomic E-state index is 13.8. The number of methoxy groups -OCH3 is 2. The summed E-state index contributed by atoms with van der Waals surface area (Å²) in [4.78, 5) is 12.2. The van der Waals surface area contributed by atoms with Gasteiger partial charge in [0, 0.05) is 10.5 Å². The molecular weight excluding hydrogens is 377 g/mol. The van der Waals surface area contributed by atoms with Crippen molar-refractivity contribution in [3.63, 3.8) is 0 Å². The molecule has 0 aliphatic rings. The molecule has 0 spiro atoms. The Bertz CT molecular complexity index is 724. The van der Waals surface area contributed by atoms with Gasteiger partial charge in [-0.3, -0.25) is 4.79 Å². The molecule has 22 heavy (non-hydrogen) atoms. The van der Waals surface area contributed by atoms with Gasteiger partial charge in [0.25, 0.3) is 5.91 Å². The molecule has 0 radical (unpaired) electrons. The molecule has 0 aliphatic heterocycles. The normalized spacial score (nSPS) is 10.2. The first-order valence-corrected chi connectivity index (χ1v) is 7.31. The van der Waals surface area contributed by atoms with Crippen LogP contribution in [0.4, 0.5) is 10.1 Å². The monoisotopic (exact) mass is 387 g/mol. The average molecular weight is 389 g/mol. The van der Waals surface area contributed by atoms with Crippen LogP contribution in [-0.4, -0.2) is 20.1 Å². The second-order valence-electron chi connectivity index (χ2n) is 4.27. The summed E-state index contributed by atoms with van der Waals surface area (Å²) in [6.07, 6.45) is 0. The van der Waals surface area contributed by atoms with Crippen LogP contribution in [0.15, 0.2) is 34.8 Å². The molecule has 2 rings (SSSR count). The lowest BCUT2D eigenvalue weighted by atomic mass is 10.2. The number of nitrogens with one attached hydrogen (secondary N) is 1. The Kier molecular flexibility index (Phi) is 5.26. The smallest absolute Gasteiger partial charge is 0.258 e. The van der Waals surface area contributed by atoms with Crippen LogP contribution in [0.2, 0.25) is 5.02 Å². The summed E-state index contributed by atoms with van der Waals surface area (Å²) in [5.41, 5.74) is 0.234. The molecule has 0 aliphatic carbocycles. The number of benzene rings is 2.